The predicted molar refractivity (Wildman–Crippen MR) is 72.3 cm³/mol. The fourth-order valence-electron chi connectivity index (χ4n) is 1.64. The number of rotatable bonds is 4. The second-order valence-corrected chi connectivity index (χ2v) is 4.64. The smallest absolute Gasteiger partial charge is 0.191 e. The third-order valence-electron chi connectivity index (χ3n) is 2.68. The number of hydrogen-bond donors (Lipinski definition) is 0. The lowest BCUT2D eigenvalue weighted by molar-refractivity contribution is 0.269. The number of ether oxygens (including phenoxy) is 1. The largest absolute Gasteiger partial charge is 0.481 e. The van der Waals surface area contributed by atoms with Gasteiger partial charge in [0, 0.05) is 11.5 Å². The fraction of sp³-hybridized carbons (Fsp3) is 0.214. The minimum Gasteiger partial charge on any atom is -0.481 e. The zero-order valence-corrected chi connectivity index (χ0v) is 11.9. The van der Waals surface area contributed by atoms with Crippen LogP contribution < -0.4 is 4.74 Å². The molecule has 1 aromatic heterocycles. The minimum absolute atomic E-state index is 0.0359. The van der Waals surface area contributed by atoms with Crippen LogP contribution in [0.3, 0.4) is 0 Å². The quantitative estimate of drug-likeness (QED) is 0.787. The molecule has 2 nitrogen and oxygen atoms in total. The van der Waals surface area contributed by atoms with Crippen LogP contribution >= 0.6 is 15.9 Å². The van der Waals surface area contributed by atoms with Crippen LogP contribution in [0.1, 0.15) is 16.8 Å². The van der Waals surface area contributed by atoms with E-state index in [0.29, 0.717) is 16.6 Å². The molecule has 0 amide bonds. The maximum Gasteiger partial charge on any atom is 0.191 e. The van der Waals surface area contributed by atoms with E-state index in [1.54, 1.807) is 12.3 Å². The van der Waals surface area contributed by atoms with Gasteiger partial charge in [-0.05, 0) is 36.2 Å². The molecule has 0 saturated carbocycles. The van der Waals surface area contributed by atoms with Gasteiger partial charge in [-0.1, -0.05) is 22.0 Å². The average molecular weight is 328 g/mol. The highest BCUT2D eigenvalue weighted by atomic mass is 79.9. The molecule has 19 heavy (non-hydrogen) atoms. The number of benzene rings is 1. The Hall–Kier alpha value is -1.49. The van der Waals surface area contributed by atoms with Gasteiger partial charge in [-0.15, -0.1) is 0 Å². The van der Waals surface area contributed by atoms with Crippen molar-refractivity contribution in [3.05, 3.63) is 58.9 Å². The van der Waals surface area contributed by atoms with Crippen LogP contribution in [-0.4, -0.2) is 4.98 Å². The summed E-state index contributed by atoms with van der Waals surface area (Å²) < 4.78 is 32.6. The van der Waals surface area contributed by atoms with Gasteiger partial charge < -0.3 is 4.74 Å². The van der Waals surface area contributed by atoms with Crippen molar-refractivity contribution >= 4 is 15.9 Å². The van der Waals surface area contributed by atoms with E-state index in [-0.39, 0.29) is 12.4 Å². The standard InChI is InChI=1S/C14H12BrF2NO/c1-9-3-2-4-18-13(9)8-19-14-11(16)5-10(7-15)6-12(14)17/h2-6H,7-8H2,1H3. The Labute approximate surface area is 118 Å². The van der Waals surface area contributed by atoms with E-state index in [9.17, 15) is 8.78 Å². The van der Waals surface area contributed by atoms with Crippen LogP contribution in [0.15, 0.2) is 30.5 Å². The SMILES string of the molecule is Cc1cccnc1COc1c(F)cc(CBr)cc1F. The van der Waals surface area contributed by atoms with Crippen LogP contribution in [-0.2, 0) is 11.9 Å². The highest BCUT2D eigenvalue weighted by Gasteiger charge is 2.13. The van der Waals surface area contributed by atoms with E-state index in [4.69, 9.17) is 4.74 Å². The van der Waals surface area contributed by atoms with Gasteiger partial charge in [0.2, 0.25) is 0 Å². The number of aromatic nitrogens is 1. The van der Waals surface area contributed by atoms with Crippen LogP contribution in [0.4, 0.5) is 8.78 Å². The zero-order valence-electron chi connectivity index (χ0n) is 10.3. The van der Waals surface area contributed by atoms with Crippen LogP contribution in [0.2, 0.25) is 0 Å². The molecule has 0 aliphatic heterocycles. The monoisotopic (exact) mass is 327 g/mol. The molecule has 0 unspecified atom stereocenters. The van der Waals surface area contributed by atoms with Gasteiger partial charge >= 0.3 is 0 Å². The summed E-state index contributed by atoms with van der Waals surface area (Å²) >= 11 is 3.15. The summed E-state index contributed by atoms with van der Waals surface area (Å²) in [5.74, 6) is -1.78. The Morgan fingerprint density at radius 1 is 1.26 bits per heavy atom. The van der Waals surface area contributed by atoms with Gasteiger partial charge in [0.15, 0.2) is 17.4 Å². The topological polar surface area (TPSA) is 22.1 Å². The van der Waals surface area contributed by atoms with Crippen molar-refractivity contribution in [2.75, 3.05) is 0 Å². The van der Waals surface area contributed by atoms with E-state index >= 15 is 0 Å². The lowest BCUT2D eigenvalue weighted by Gasteiger charge is -2.10. The number of pyridine rings is 1. The fourth-order valence-corrected chi connectivity index (χ4v) is 1.96. The van der Waals surface area contributed by atoms with Crippen molar-refractivity contribution in [3.8, 4) is 5.75 Å². The number of hydrogen-bond acceptors (Lipinski definition) is 2. The Morgan fingerprint density at radius 3 is 2.53 bits per heavy atom. The minimum atomic E-state index is -0.706. The molecule has 0 N–H and O–H groups in total. The summed E-state index contributed by atoms with van der Waals surface area (Å²) in [5, 5.41) is 0.389. The Morgan fingerprint density at radius 2 is 1.95 bits per heavy atom. The molecule has 100 valence electrons. The normalized spacial score (nSPS) is 10.5. The van der Waals surface area contributed by atoms with Gasteiger partial charge in [0.1, 0.15) is 6.61 Å². The molecule has 0 aliphatic carbocycles. The molecule has 1 aromatic carbocycles. The van der Waals surface area contributed by atoms with Gasteiger partial charge in [-0.25, -0.2) is 8.78 Å². The average Bonchev–Trinajstić information content (AvgIpc) is 2.39. The molecule has 2 rings (SSSR count). The van der Waals surface area contributed by atoms with E-state index in [1.807, 2.05) is 13.0 Å². The lowest BCUT2D eigenvalue weighted by Crippen LogP contribution is -2.04. The molecule has 5 heteroatoms. The van der Waals surface area contributed by atoms with Crippen LogP contribution in [0.25, 0.3) is 0 Å². The Bertz CT molecular complexity index is 566. The van der Waals surface area contributed by atoms with Crippen molar-refractivity contribution in [2.45, 2.75) is 18.9 Å². The predicted octanol–water partition coefficient (Wildman–Crippen LogP) is 4.14. The van der Waals surface area contributed by atoms with Gasteiger partial charge in [0.05, 0.1) is 5.69 Å². The third kappa shape index (κ3) is 3.29. The first-order valence-corrected chi connectivity index (χ1v) is 6.81. The van der Waals surface area contributed by atoms with Gasteiger partial charge in [0.25, 0.3) is 0 Å². The molecule has 1 heterocycles. The summed E-state index contributed by atoms with van der Waals surface area (Å²) in [6, 6.07) is 6.16. The number of alkyl halides is 1. The molecule has 0 saturated heterocycles. The molecule has 0 fully saturated rings. The van der Waals surface area contributed by atoms with Gasteiger partial charge in [-0.2, -0.15) is 0 Å². The first-order valence-electron chi connectivity index (χ1n) is 5.69. The summed E-state index contributed by atoms with van der Waals surface area (Å²) in [6.45, 7) is 1.90. The Kier molecular flexibility index (Phi) is 4.47. The van der Waals surface area contributed by atoms with E-state index in [0.717, 1.165) is 5.56 Å². The highest BCUT2D eigenvalue weighted by Crippen LogP contribution is 2.25. The maximum absolute atomic E-state index is 13.7. The lowest BCUT2D eigenvalue weighted by atomic mass is 10.2. The van der Waals surface area contributed by atoms with E-state index < -0.39 is 11.6 Å². The molecule has 0 spiro atoms. The first-order chi connectivity index (χ1) is 9.11. The molecule has 2 aromatic rings. The maximum atomic E-state index is 13.7. The first kappa shape index (κ1) is 13.9. The summed E-state index contributed by atoms with van der Waals surface area (Å²) in [4.78, 5) is 4.11. The van der Waals surface area contributed by atoms with Crippen LogP contribution in [0, 0.1) is 18.6 Å². The molecule has 0 atom stereocenters. The number of halogens is 3. The van der Waals surface area contributed by atoms with E-state index in [2.05, 4.69) is 20.9 Å². The number of aryl methyl sites for hydroxylation is 1. The van der Waals surface area contributed by atoms with Crippen molar-refractivity contribution in [1.82, 2.24) is 4.98 Å². The second kappa shape index (κ2) is 6.10. The highest BCUT2D eigenvalue weighted by molar-refractivity contribution is 9.08. The molecule has 0 radical (unpaired) electrons. The van der Waals surface area contributed by atoms with Crippen LogP contribution in [0.5, 0.6) is 5.75 Å². The molecular weight excluding hydrogens is 316 g/mol. The summed E-state index contributed by atoms with van der Waals surface area (Å²) in [6.07, 6.45) is 1.62. The van der Waals surface area contributed by atoms with Crippen molar-refractivity contribution in [2.24, 2.45) is 0 Å². The third-order valence-corrected chi connectivity index (χ3v) is 3.33. The molecular formula is C14H12BrF2NO. The van der Waals surface area contributed by atoms with Crippen molar-refractivity contribution < 1.29 is 13.5 Å². The molecule has 0 aliphatic rings. The number of nitrogens with zero attached hydrogens (tertiary/aromatic N) is 1. The zero-order chi connectivity index (χ0) is 13.8. The summed E-state index contributed by atoms with van der Waals surface area (Å²) in [5.41, 5.74) is 2.10. The molecule has 0 bridgehead atoms. The van der Waals surface area contributed by atoms with Gasteiger partial charge in [-0.3, -0.25) is 4.98 Å². The van der Waals surface area contributed by atoms with Crippen molar-refractivity contribution in [3.63, 3.8) is 0 Å². The second-order valence-electron chi connectivity index (χ2n) is 4.08. The summed E-state index contributed by atoms with van der Waals surface area (Å²) in [7, 11) is 0. The van der Waals surface area contributed by atoms with E-state index in [1.165, 1.54) is 12.1 Å². The van der Waals surface area contributed by atoms with Crippen molar-refractivity contribution in [1.29, 1.82) is 0 Å². The Balaban J connectivity index is 2.18.